The molecule has 0 aromatic heterocycles. The number of carbonyl (C=O) groups is 2. The zero-order chi connectivity index (χ0) is 16.0. The number of hydrogen-bond donors (Lipinski definition) is 3. The Kier molecular flexibility index (Phi) is 8.19. The highest BCUT2D eigenvalue weighted by Crippen LogP contribution is 2.26. The van der Waals surface area contributed by atoms with Crippen LogP contribution in [0, 0.1) is 5.92 Å². The van der Waals surface area contributed by atoms with Gasteiger partial charge in [-0.05, 0) is 18.8 Å². The lowest BCUT2D eigenvalue weighted by Gasteiger charge is -2.20. The highest BCUT2D eigenvalue weighted by molar-refractivity contribution is 5.85. The fourth-order valence-electron chi connectivity index (χ4n) is 3.14. The largest absolute Gasteiger partial charge is 0.354 e. The molecule has 0 aromatic carbocycles. The standard InChI is InChI=1S/C15H25F2N3O2.ClH/c16-15(17)9-12(20-10-15)14(22)19-7-6-18-13(21)8-11-4-2-1-3-5-11;/h11-12,20H,1-10H2,(H,18,21)(H,19,22);1H. The quantitative estimate of drug-likeness (QED) is 0.635. The van der Waals surface area contributed by atoms with Crippen molar-refractivity contribution in [3.05, 3.63) is 0 Å². The molecular formula is C15H26ClF2N3O2. The van der Waals surface area contributed by atoms with Gasteiger partial charge in [-0.2, -0.15) is 0 Å². The van der Waals surface area contributed by atoms with Crippen LogP contribution < -0.4 is 16.0 Å². The van der Waals surface area contributed by atoms with E-state index >= 15 is 0 Å². The summed E-state index contributed by atoms with van der Waals surface area (Å²) in [6.07, 6.45) is 5.98. The average molecular weight is 354 g/mol. The van der Waals surface area contributed by atoms with Crippen molar-refractivity contribution in [3.63, 3.8) is 0 Å². The zero-order valence-electron chi connectivity index (χ0n) is 13.2. The monoisotopic (exact) mass is 353 g/mol. The Morgan fingerprint density at radius 2 is 1.74 bits per heavy atom. The minimum Gasteiger partial charge on any atom is -0.354 e. The third-order valence-electron chi connectivity index (χ3n) is 4.37. The van der Waals surface area contributed by atoms with Crippen LogP contribution in [-0.4, -0.2) is 43.4 Å². The summed E-state index contributed by atoms with van der Waals surface area (Å²) in [6.45, 7) is 0.141. The van der Waals surface area contributed by atoms with E-state index in [9.17, 15) is 18.4 Å². The highest BCUT2D eigenvalue weighted by atomic mass is 35.5. The number of carbonyl (C=O) groups excluding carboxylic acids is 2. The number of hydrogen-bond acceptors (Lipinski definition) is 3. The Morgan fingerprint density at radius 1 is 1.09 bits per heavy atom. The fourth-order valence-corrected chi connectivity index (χ4v) is 3.14. The molecule has 2 rings (SSSR count). The third kappa shape index (κ3) is 6.99. The van der Waals surface area contributed by atoms with Crippen LogP contribution in [0.25, 0.3) is 0 Å². The lowest BCUT2D eigenvalue weighted by Crippen LogP contribution is -2.43. The summed E-state index contributed by atoms with van der Waals surface area (Å²) in [6, 6.07) is -0.840. The fraction of sp³-hybridized carbons (Fsp3) is 0.867. The maximum atomic E-state index is 13.0. The van der Waals surface area contributed by atoms with E-state index in [1.165, 1.54) is 19.3 Å². The predicted octanol–water partition coefficient (Wildman–Crippen LogP) is 1.61. The summed E-state index contributed by atoms with van der Waals surface area (Å²) in [5.41, 5.74) is 0. The Balaban J connectivity index is 0.00000264. The molecule has 2 aliphatic rings. The second kappa shape index (κ2) is 9.37. The molecule has 0 radical (unpaired) electrons. The summed E-state index contributed by atoms with van der Waals surface area (Å²) in [4.78, 5) is 23.4. The molecule has 0 aromatic rings. The molecule has 1 saturated carbocycles. The predicted molar refractivity (Wildman–Crippen MR) is 85.8 cm³/mol. The number of nitrogens with one attached hydrogen (secondary N) is 3. The van der Waals surface area contributed by atoms with Crippen molar-refractivity contribution < 1.29 is 18.4 Å². The van der Waals surface area contributed by atoms with Crippen LogP contribution >= 0.6 is 12.4 Å². The normalized spacial score (nSPS) is 23.8. The summed E-state index contributed by atoms with van der Waals surface area (Å²) in [5.74, 6) is -2.76. The van der Waals surface area contributed by atoms with E-state index in [1.807, 2.05) is 0 Å². The lowest BCUT2D eigenvalue weighted by molar-refractivity contribution is -0.124. The van der Waals surface area contributed by atoms with Crippen molar-refractivity contribution in [3.8, 4) is 0 Å². The van der Waals surface area contributed by atoms with E-state index in [0.29, 0.717) is 18.9 Å². The molecule has 23 heavy (non-hydrogen) atoms. The van der Waals surface area contributed by atoms with Crippen molar-refractivity contribution >= 4 is 24.2 Å². The van der Waals surface area contributed by atoms with E-state index in [0.717, 1.165) is 12.8 Å². The molecule has 1 aliphatic carbocycles. The second-order valence-corrected chi connectivity index (χ2v) is 6.34. The van der Waals surface area contributed by atoms with Crippen LogP contribution in [0.5, 0.6) is 0 Å². The Hall–Kier alpha value is -0.950. The summed E-state index contributed by atoms with van der Waals surface area (Å²) in [7, 11) is 0. The molecule has 1 unspecified atom stereocenters. The summed E-state index contributed by atoms with van der Waals surface area (Å²) < 4.78 is 25.9. The highest BCUT2D eigenvalue weighted by Gasteiger charge is 2.42. The maximum Gasteiger partial charge on any atom is 0.262 e. The molecule has 1 heterocycles. The van der Waals surface area contributed by atoms with Gasteiger partial charge in [-0.1, -0.05) is 19.3 Å². The molecule has 2 amide bonds. The first-order valence-corrected chi connectivity index (χ1v) is 8.12. The number of amides is 2. The number of rotatable bonds is 6. The first-order chi connectivity index (χ1) is 10.5. The number of alkyl halides is 2. The van der Waals surface area contributed by atoms with Crippen LogP contribution in [0.3, 0.4) is 0 Å². The van der Waals surface area contributed by atoms with Crippen LogP contribution in [0.4, 0.5) is 8.78 Å². The molecule has 2 fully saturated rings. The van der Waals surface area contributed by atoms with Crippen molar-refractivity contribution in [1.82, 2.24) is 16.0 Å². The van der Waals surface area contributed by atoms with Crippen molar-refractivity contribution in [1.29, 1.82) is 0 Å². The third-order valence-corrected chi connectivity index (χ3v) is 4.37. The summed E-state index contributed by atoms with van der Waals surface area (Å²) in [5, 5.41) is 7.84. The van der Waals surface area contributed by atoms with Gasteiger partial charge in [0.2, 0.25) is 11.8 Å². The molecule has 1 aliphatic heterocycles. The molecule has 0 spiro atoms. The van der Waals surface area contributed by atoms with Gasteiger partial charge < -0.3 is 10.6 Å². The van der Waals surface area contributed by atoms with Gasteiger partial charge in [0.1, 0.15) is 0 Å². The smallest absolute Gasteiger partial charge is 0.262 e. The van der Waals surface area contributed by atoms with E-state index in [4.69, 9.17) is 0 Å². The van der Waals surface area contributed by atoms with Gasteiger partial charge in [-0.15, -0.1) is 12.4 Å². The van der Waals surface area contributed by atoms with Gasteiger partial charge in [0, 0.05) is 25.9 Å². The minimum atomic E-state index is -2.81. The molecule has 5 nitrogen and oxygen atoms in total. The lowest BCUT2D eigenvalue weighted by atomic mass is 9.87. The van der Waals surface area contributed by atoms with Gasteiger partial charge >= 0.3 is 0 Å². The molecular weight excluding hydrogens is 328 g/mol. The van der Waals surface area contributed by atoms with Gasteiger partial charge in [0.25, 0.3) is 5.92 Å². The molecule has 1 saturated heterocycles. The molecule has 8 heteroatoms. The van der Waals surface area contributed by atoms with Gasteiger partial charge in [-0.3, -0.25) is 14.9 Å². The van der Waals surface area contributed by atoms with Gasteiger partial charge in [-0.25, -0.2) is 8.78 Å². The molecule has 3 N–H and O–H groups in total. The van der Waals surface area contributed by atoms with Gasteiger partial charge in [0.05, 0.1) is 12.6 Å². The van der Waals surface area contributed by atoms with Crippen molar-refractivity contribution in [2.24, 2.45) is 5.92 Å². The zero-order valence-corrected chi connectivity index (χ0v) is 14.0. The SMILES string of the molecule is Cl.O=C(CC1CCCCC1)NCCNC(=O)C1CC(F)(F)CN1. The van der Waals surface area contributed by atoms with Gasteiger partial charge in [0.15, 0.2) is 0 Å². The Labute approximate surface area is 141 Å². The number of halogens is 3. The van der Waals surface area contributed by atoms with E-state index in [2.05, 4.69) is 16.0 Å². The van der Waals surface area contributed by atoms with Crippen molar-refractivity contribution in [2.45, 2.75) is 56.9 Å². The van der Waals surface area contributed by atoms with Crippen LogP contribution in [0.1, 0.15) is 44.9 Å². The van der Waals surface area contributed by atoms with Crippen LogP contribution in [0.15, 0.2) is 0 Å². The minimum absolute atomic E-state index is 0. The van der Waals surface area contributed by atoms with Crippen molar-refractivity contribution in [2.75, 3.05) is 19.6 Å². The maximum absolute atomic E-state index is 13.0. The topological polar surface area (TPSA) is 70.2 Å². The first kappa shape index (κ1) is 20.1. The van der Waals surface area contributed by atoms with E-state index < -0.39 is 30.8 Å². The van der Waals surface area contributed by atoms with E-state index in [-0.39, 0.29) is 24.9 Å². The van der Waals surface area contributed by atoms with Crippen LogP contribution in [0.2, 0.25) is 0 Å². The second-order valence-electron chi connectivity index (χ2n) is 6.34. The first-order valence-electron chi connectivity index (χ1n) is 8.12. The molecule has 0 bridgehead atoms. The Bertz CT molecular complexity index is 404. The summed E-state index contributed by atoms with van der Waals surface area (Å²) >= 11 is 0. The van der Waals surface area contributed by atoms with E-state index in [1.54, 1.807) is 0 Å². The molecule has 1 atom stereocenters. The molecule has 134 valence electrons. The van der Waals surface area contributed by atoms with Crippen LogP contribution in [-0.2, 0) is 9.59 Å². The Morgan fingerprint density at radius 3 is 2.35 bits per heavy atom. The average Bonchev–Trinajstić information content (AvgIpc) is 2.85.